The Morgan fingerprint density at radius 2 is 2.33 bits per heavy atom. The summed E-state index contributed by atoms with van der Waals surface area (Å²) in [6.45, 7) is 2.08. The molecule has 1 atom stereocenters. The second-order valence-electron chi connectivity index (χ2n) is 2.54. The molecule has 1 saturated carbocycles. The third-order valence-electron chi connectivity index (χ3n) is 1.25. The molecule has 1 aliphatic carbocycles. The Morgan fingerprint density at radius 3 is 2.67 bits per heavy atom. The zero-order valence-electron chi connectivity index (χ0n) is 5.41. The SMILES string of the molecule is CP(=S)(S)SCC1CC1. The number of hydrogen-bond donors (Lipinski definition) is 1. The van der Waals surface area contributed by atoms with Gasteiger partial charge in [-0.3, -0.25) is 0 Å². The third-order valence-corrected chi connectivity index (χ3v) is 6.22. The molecular formula is C5H11PS3. The van der Waals surface area contributed by atoms with E-state index in [1.54, 1.807) is 0 Å². The Kier molecular flexibility index (Phi) is 2.97. The van der Waals surface area contributed by atoms with Crippen LogP contribution in [-0.4, -0.2) is 12.4 Å². The van der Waals surface area contributed by atoms with E-state index in [-0.39, 0.29) is 0 Å². The van der Waals surface area contributed by atoms with Crippen molar-refractivity contribution < 1.29 is 0 Å². The molecule has 0 aromatic carbocycles. The highest BCUT2D eigenvalue weighted by atomic mass is 33.2. The lowest BCUT2D eigenvalue weighted by Gasteiger charge is -2.05. The van der Waals surface area contributed by atoms with E-state index in [2.05, 4.69) is 18.9 Å². The summed E-state index contributed by atoms with van der Waals surface area (Å²) >= 11 is 11.4. The molecule has 1 unspecified atom stereocenters. The van der Waals surface area contributed by atoms with Gasteiger partial charge in [0.1, 0.15) is 0 Å². The van der Waals surface area contributed by atoms with Crippen molar-refractivity contribution in [2.75, 3.05) is 12.4 Å². The smallest absolute Gasteiger partial charge is 0.0513 e. The molecular weight excluding hydrogens is 187 g/mol. The first kappa shape index (κ1) is 8.45. The van der Waals surface area contributed by atoms with Crippen LogP contribution in [0.1, 0.15) is 12.8 Å². The maximum atomic E-state index is 5.17. The van der Waals surface area contributed by atoms with Crippen molar-refractivity contribution in [1.82, 2.24) is 0 Å². The number of thiol groups is 1. The molecule has 0 heterocycles. The highest BCUT2D eigenvalue weighted by Gasteiger charge is 2.22. The molecule has 0 aliphatic heterocycles. The normalized spacial score (nSPS) is 25.6. The molecule has 1 aliphatic rings. The average Bonchev–Trinajstić information content (AvgIpc) is 2.38. The van der Waals surface area contributed by atoms with E-state index < -0.39 is 4.44 Å². The molecule has 1 fully saturated rings. The fraction of sp³-hybridized carbons (Fsp3) is 1.00. The van der Waals surface area contributed by atoms with E-state index in [1.807, 2.05) is 11.4 Å². The first-order chi connectivity index (χ1) is 4.08. The fourth-order valence-electron chi connectivity index (χ4n) is 0.528. The quantitative estimate of drug-likeness (QED) is 0.547. The van der Waals surface area contributed by atoms with Gasteiger partial charge < -0.3 is 0 Å². The molecule has 0 nitrogen and oxygen atoms in total. The Hall–Kier alpha value is 1.35. The highest BCUT2D eigenvalue weighted by Crippen LogP contribution is 2.61. The van der Waals surface area contributed by atoms with Gasteiger partial charge >= 0.3 is 0 Å². The van der Waals surface area contributed by atoms with Gasteiger partial charge in [-0.1, -0.05) is 11.8 Å². The minimum atomic E-state index is -1.24. The van der Waals surface area contributed by atoms with Crippen LogP contribution in [0, 0.1) is 5.92 Å². The summed E-state index contributed by atoms with van der Waals surface area (Å²) in [4.78, 5) is 0. The molecule has 0 saturated heterocycles. The van der Waals surface area contributed by atoms with Gasteiger partial charge in [0.25, 0.3) is 0 Å². The van der Waals surface area contributed by atoms with E-state index >= 15 is 0 Å². The second-order valence-corrected chi connectivity index (χ2v) is 14.6. The molecule has 9 heavy (non-hydrogen) atoms. The molecule has 0 N–H and O–H groups in total. The van der Waals surface area contributed by atoms with Gasteiger partial charge in [-0.25, -0.2) is 0 Å². The summed E-state index contributed by atoms with van der Waals surface area (Å²) in [6.07, 6.45) is 2.85. The molecule has 1 rings (SSSR count). The molecule has 54 valence electrons. The highest BCUT2D eigenvalue weighted by molar-refractivity contribution is 8.96. The zero-order valence-corrected chi connectivity index (χ0v) is 8.83. The van der Waals surface area contributed by atoms with Crippen LogP contribution in [0.5, 0.6) is 0 Å². The summed E-state index contributed by atoms with van der Waals surface area (Å²) in [5.74, 6) is 2.25. The van der Waals surface area contributed by atoms with Crippen LogP contribution in [0.15, 0.2) is 0 Å². The van der Waals surface area contributed by atoms with Crippen molar-refractivity contribution in [3.05, 3.63) is 0 Å². The van der Waals surface area contributed by atoms with Gasteiger partial charge in [0, 0.05) is 5.75 Å². The maximum absolute atomic E-state index is 5.17. The van der Waals surface area contributed by atoms with Crippen LogP contribution in [0.25, 0.3) is 0 Å². The van der Waals surface area contributed by atoms with E-state index in [9.17, 15) is 0 Å². The van der Waals surface area contributed by atoms with E-state index in [1.165, 1.54) is 18.6 Å². The van der Waals surface area contributed by atoms with E-state index in [0.717, 1.165) is 5.92 Å². The van der Waals surface area contributed by atoms with Crippen LogP contribution >= 0.6 is 28.1 Å². The third kappa shape index (κ3) is 4.72. The molecule has 4 heteroatoms. The Morgan fingerprint density at radius 1 is 1.78 bits per heavy atom. The minimum absolute atomic E-state index is 0.990. The lowest BCUT2D eigenvalue weighted by molar-refractivity contribution is 1.01. The van der Waals surface area contributed by atoms with Crippen LogP contribution in [-0.2, 0) is 11.8 Å². The van der Waals surface area contributed by atoms with Crippen molar-refractivity contribution in [3.8, 4) is 0 Å². The largest absolute Gasteiger partial charge is 0.132 e. The average molecular weight is 198 g/mol. The number of rotatable bonds is 3. The first-order valence-electron chi connectivity index (χ1n) is 3.03. The monoisotopic (exact) mass is 198 g/mol. The van der Waals surface area contributed by atoms with Crippen molar-refractivity contribution in [2.45, 2.75) is 12.8 Å². The van der Waals surface area contributed by atoms with Gasteiger partial charge in [0.2, 0.25) is 0 Å². The van der Waals surface area contributed by atoms with E-state index in [0.29, 0.717) is 0 Å². The summed E-state index contributed by atoms with van der Waals surface area (Å²) < 4.78 is -1.24. The molecule has 0 aromatic heterocycles. The van der Waals surface area contributed by atoms with Crippen molar-refractivity contribution in [3.63, 3.8) is 0 Å². The zero-order chi connectivity index (χ0) is 6.91. The Labute approximate surface area is 71.1 Å². The lowest BCUT2D eigenvalue weighted by atomic mass is 10.5. The van der Waals surface area contributed by atoms with Crippen LogP contribution in [0.3, 0.4) is 0 Å². The van der Waals surface area contributed by atoms with Gasteiger partial charge in [-0.15, -0.1) is 23.6 Å². The summed E-state index contributed by atoms with van der Waals surface area (Å²) in [7, 11) is 0. The summed E-state index contributed by atoms with van der Waals surface area (Å²) in [5, 5.41) is 0. The minimum Gasteiger partial charge on any atom is -0.132 e. The van der Waals surface area contributed by atoms with Crippen molar-refractivity contribution in [2.24, 2.45) is 5.92 Å². The molecule has 0 radical (unpaired) electrons. The van der Waals surface area contributed by atoms with Gasteiger partial charge in [0.15, 0.2) is 0 Å². The standard InChI is InChI=1S/C5H11PS3/c1-6(7,8)9-4-5-2-3-5/h5H,2-4H2,1H3,(H,7,8). The molecule has 0 spiro atoms. The Bertz CT molecular complexity index is 135. The molecule has 0 amide bonds. The molecule has 0 aromatic rings. The number of hydrogen-bond acceptors (Lipinski definition) is 2. The summed E-state index contributed by atoms with van der Waals surface area (Å²) in [6, 6.07) is 0. The van der Waals surface area contributed by atoms with E-state index in [4.69, 9.17) is 11.8 Å². The van der Waals surface area contributed by atoms with Crippen LogP contribution in [0.2, 0.25) is 0 Å². The lowest BCUT2D eigenvalue weighted by Crippen LogP contribution is -1.76. The van der Waals surface area contributed by atoms with Crippen LogP contribution < -0.4 is 0 Å². The maximum Gasteiger partial charge on any atom is 0.0513 e. The van der Waals surface area contributed by atoms with Gasteiger partial charge in [-0.05, 0) is 25.4 Å². The van der Waals surface area contributed by atoms with Gasteiger partial charge in [0.05, 0.1) is 4.44 Å². The first-order valence-corrected chi connectivity index (χ1v) is 9.02. The predicted octanol–water partition coefficient (Wildman–Crippen LogP) is 3.00. The fourth-order valence-corrected chi connectivity index (χ4v) is 3.96. The van der Waals surface area contributed by atoms with Crippen molar-refractivity contribution >= 4 is 39.9 Å². The Balaban J connectivity index is 2.10. The van der Waals surface area contributed by atoms with Gasteiger partial charge in [-0.2, -0.15) is 0 Å². The van der Waals surface area contributed by atoms with Crippen molar-refractivity contribution in [1.29, 1.82) is 0 Å². The predicted molar refractivity (Wildman–Crippen MR) is 54.4 cm³/mol. The van der Waals surface area contributed by atoms with Crippen LogP contribution in [0.4, 0.5) is 0 Å². The molecule has 0 bridgehead atoms. The topological polar surface area (TPSA) is 0 Å². The summed E-state index contributed by atoms with van der Waals surface area (Å²) in [5.41, 5.74) is 0. The second kappa shape index (κ2) is 3.17.